The van der Waals surface area contributed by atoms with Crippen molar-refractivity contribution >= 4 is 17.3 Å². The van der Waals surface area contributed by atoms with E-state index in [0.717, 1.165) is 6.54 Å². The summed E-state index contributed by atoms with van der Waals surface area (Å²) in [6, 6.07) is 6.66. The second kappa shape index (κ2) is 6.13. The standard InChI is InChI=1S/C14H17FN4/c1-3-17-13-9-16-10-14(18-13)19(4-2)12-8-6-5-7-11(12)15/h5-10H,3-4H2,1-2H3,(H,17,18). The van der Waals surface area contributed by atoms with E-state index in [4.69, 9.17) is 0 Å². The van der Waals surface area contributed by atoms with Crippen molar-refractivity contribution < 1.29 is 4.39 Å². The Bertz CT molecular complexity index is 544. The quantitative estimate of drug-likeness (QED) is 0.896. The molecular formula is C14H17FN4. The first kappa shape index (κ1) is 13.3. The lowest BCUT2D eigenvalue weighted by Gasteiger charge is -2.22. The van der Waals surface area contributed by atoms with Crippen LogP contribution in [0.4, 0.5) is 21.7 Å². The minimum absolute atomic E-state index is 0.264. The van der Waals surface area contributed by atoms with E-state index in [-0.39, 0.29) is 5.82 Å². The molecule has 0 aliphatic rings. The first-order valence-corrected chi connectivity index (χ1v) is 6.34. The van der Waals surface area contributed by atoms with Gasteiger partial charge in [-0.1, -0.05) is 12.1 Å². The molecule has 0 aliphatic heterocycles. The zero-order valence-electron chi connectivity index (χ0n) is 11.1. The van der Waals surface area contributed by atoms with Gasteiger partial charge in [-0.25, -0.2) is 9.37 Å². The van der Waals surface area contributed by atoms with Crippen LogP contribution in [-0.4, -0.2) is 23.1 Å². The smallest absolute Gasteiger partial charge is 0.154 e. The minimum atomic E-state index is -0.264. The van der Waals surface area contributed by atoms with E-state index in [0.29, 0.717) is 23.9 Å². The van der Waals surface area contributed by atoms with E-state index in [1.807, 2.05) is 19.9 Å². The number of benzene rings is 1. The number of anilines is 3. The van der Waals surface area contributed by atoms with Crippen molar-refractivity contribution in [1.29, 1.82) is 0 Å². The molecule has 1 aromatic carbocycles. The summed E-state index contributed by atoms with van der Waals surface area (Å²) < 4.78 is 13.9. The third-order valence-corrected chi connectivity index (χ3v) is 2.72. The zero-order chi connectivity index (χ0) is 13.7. The summed E-state index contributed by atoms with van der Waals surface area (Å²) in [5.74, 6) is 1.06. The molecule has 0 fully saturated rings. The molecule has 4 nitrogen and oxygen atoms in total. The highest BCUT2D eigenvalue weighted by molar-refractivity contribution is 5.60. The average Bonchev–Trinajstić information content (AvgIpc) is 2.43. The van der Waals surface area contributed by atoms with Crippen molar-refractivity contribution in [1.82, 2.24) is 9.97 Å². The summed E-state index contributed by atoms with van der Waals surface area (Å²) >= 11 is 0. The van der Waals surface area contributed by atoms with Crippen molar-refractivity contribution in [2.75, 3.05) is 23.3 Å². The summed E-state index contributed by atoms with van der Waals surface area (Å²) in [6.45, 7) is 5.33. The van der Waals surface area contributed by atoms with Gasteiger partial charge in [-0.3, -0.25) is 4.98 Å². The van der Waals surface area contributed by atoms with Crippen molar-refractivity contribution in [3.05, 3.63) is 42.5 Å². The molecule has 0 radical (unpaired) electrons. The molecule has 0 atom stereocenters. The Labute approximate surface area is 112 Å². The van der Waals surface area contributed by atoms with Crippen LogP contribution in [-0.2, 0) is 0 Å². The van der Waals surface area contributed by atoms with Gasteiger partial charge in [0.25, 0.3) is 0 Å². The fourth-order valence-corrected chi connectivity index (χ4v) is 1.88. The second-order valence-corrected chi connectivity index (χ2v) is 3.99. The monoisotopic (exact) mass is 260 g/mol. The molecule has 100 valence electrons. The molecule has 0 amide bonds. The number of halogens is 1. The summed E-state index contributed by atoms with van der Waals surface area (Å²) in [4.78, 5) is 10.4. The summed E-state index contributed by atoms with van der Waals surface area (Å²) in [5, 5.41) is 3.10. The number of para-hydroxylation sites is 1. The molecule has 0 saturated heterocycles. The van der Waals surface area contributed by atoms with E-state index in [9.17, 15) is 4.39 Å². The van der Waals surface area contributed by atoms with Gasteiger partial charge in [0.2, 0.25) is 0 Å². The molecule has 1 aromatic heterocycles. The van der Waals surface area contributed by atoms with E-state index < -0.39 is 0 Å². The largest absolute Gasteiger partial charge is 0.369 e. The SMILES string of the molecule is CCNc1cncc(N(CC)c2ccccc2F)n1. The summed E-state index contributed by atoms with van der Waals surface area (Å²) in [5.41, 5.74) is 0.507. The van der Waals surface area contributed by atoms with Crippen LogP contribution in [0.15, 0.2) is 36.7 Å². The Balaban J connectivity index is 2.37. The topological polar surface area (TPSA) is 41.1 Å². The van der Waals surface area contributed by atoms with Gasteiger partial charge in [0.15, 0.2) is 5.82 Å². The normalized spacial score (nSPS) is 10.3. The predicted octanol–water partition coefficient (Wildman–Crippen LogP) is 3.21. The third-order valence-electron chi connectivity index (χ3n) is 2.72. The summed E-state index contributed by atoms with van der Waals surface area (Å²) in [7, 11) is 0. The minimum Gasteiger partial charge on any atom is -0.369 e. The number of nitrogens with one attached hydrogen (secondary N) is 1. The molecule has 19 heavy (non-hydrogen) atoms. The first-order valence-electron chi connectivity index (χ1n) is 6.34. The molecule has 2 aromatic rings. The number of aromatic nitrogens is 2. The molecule has 5 heteroatoms. The van der Waals surface area contributed by atoms with Gasteiger partial charge in [-0.05, 0) is 26.0 Å². The lowest BCUT2D eigenvalue weighted by atomic mass is 10.2. The van der Waals surface area contributed by atoms with Gasteiger partial charge < -0.3 is 10.2 Å². The maximum Gasteiger partial charge on any atom is 0.154 e. The maximum absolute atomic E-state index is 13.9. The highest BCUT2D eigenvalue weighted by Gasteiger charge is 2.13. The predicted molar refractivity (Wildman–Crippen MR) is 75.3 cm³/mol. The highest BCUT2D eigenvalue weighted by atomic mass is 19.1. The Morgan fingerprint density at radius 2 is 2.00 bits per heavy atom. The van der Waals surface area contributed by atoms with Crippen molar-refractivity contribution in [2.45, 2.75) is 13.8 Å². The lowest BCUT2D eigenvalue weighted by Crippen LogP contribution is -2.19. The molecule has 0 saturated carbocycles. The molecule has 1 N–H and O–H groups in total. The van der Waals surface area contributed by atoms with Crippen LogP contribution < -0.4 is 10.2 Å². The lowest BCUT2D eigenvalue weighted by molar-refractivity contribution is 0.625. The Hall–Kier alpha value is -2.17. The van der Waals surface area contributed by atoms with Gasteiger partial charge in [-0.15, -0.1) is 0 Å². The van der Waals surface area contributed by atoms with Gasteiger partial charge in [0.05, 0.1) is 18.1 Å². The number of nitrogens with zero attached hydrogens (tertiary/aromatic N) is 3. The van der Waals surface area contributed by atoms with Crippen LogP contribution in [0.1, 0.15) is 13.8 Å². The van der Waals surface area contributed by atoms with Crippen LogP contribution >= 0.6 is 0 Å². The van der Waals surface area contributed by atoms with Crippen LogP contribution in [0.25, 0.3) is 0 Å². The molecular weight excluding hydrogens is 243 g/mol. The van der Waals surface area contributed by atoms with Crippen LogP contribution in [0.2, 0.25) is 0 Å². The Morgan fingerprint density at radius 3 is 2.68 bits per heavy atom. The fraction of sp³-hybridized carbons (Fsp3) is 0.286. The van der Waals surface area contributed by atoms with Gasteiger partial charge in [0, 0.05) is 13.1 Å². The van der Waals surface area contributed by atoms with Crippen LogP contribution in [0.5, 0.6) is 0 Å². The number of hydrogen-bond acceptors (Lipinski definition) is 4. The molecule has 1 heterocycles. The second-order valence-electron chi connectivity index (χ2n) is 3.99. The van der Waals surface area contributed by atoms with E-state index in [1.165, 1.54) is 6.07 Å². The maximum atomic E-state index is 13.9. The van der Waals surface area contributed by atoms with Crippen molar-refractivity contribution in [3.63, 3.8) is 0 Å². The van der Waals surface area contributed by atoms with Gasteiger partial charge >= 0.3 is 0 Å². The molecule has 0 unspecified atom stereocenters. The molecule has 0 spiro atoms. The molecule has 2 rings (SSSR count). The Morgan fingerprint density at radius 1 is 1.21 bits per heavy atom. The fourth-order valence-electron chi connectivity index (χ4n) is 1.88. The van der Waals surface area contributed by atoms with Gasteiger partial charge in [0.1, 0.15) is 11.6 Å². The summed E-state index contributed by atoms with van der Waals surface area (Å²) in [6.07, 6.45) is 3.29. The highest BCUT2D eigenvalue weighted by Crippen LogP contribution is 2.26. The van der Waals surface area contributed by atoms with Crippen LogP contribution in [0, 0.1) is 5.82 Å². The van der Waals surface area contributed by atoms with E-state index >= 15 is 0 Å². The zero-order valence-corrected chi connectivity index (χ0v) is 11.1. The van der Waals surface area contributed by atoms with Crippen molar-refractivity contribution in [2.24, 2.45) is 0 Å². The Kier molecular flexibility index (Phi) is 4.28. The van der Waals surface area contributed by atoms with Crippen LogP contribution in [0.3, 0.4) is 0 Å². The number of rotatable bonds is 5. The molecule has 0 aliphatic carbocycles. The first-order chi connectivity index (χ1) is 9.26. The third kappa shape index (κ3) is 2.99. The van der Waals surface area contributed by atoms with E-state index in [1.54, 1.807) is 29.4 Å². The van der Waals surface area contributed by atoms with Gasteiger partial charge in [-0.2, -0.15) is 0 Å². The van der Waals surface area contributed by atoms with Crippen molar-refractivity contribution in [3.8, 4) is 0 Å². The average molecular weight is 260 g/mol. The number of hydrogen-bond donors (Lipinski definition) is 1. The molecule has 0 bridgehead atoms. The van der Waals surface area contributed by atoms with E-state index in [2.05, 4.69) is 15.3 Å².